The molecule has 0 spiro atoms. The summed E-state index contributed by atoms with van der Waals surface area (Å²) in [5.41, 5.74) is 1.72. The number of carbonyl (C=O) groups excluding carboxylic acids is 1. The van der Waals surface area contributed by atoms with Gasteiger partial charge >= 0.3 is 0 Å². The quantitative estimate of drug-likeness (QED) is 0.800. The fraction of sp³-hybridized carbons (Fsp3) is 0.167. The van der Waals surface area contributed by atoms with Gasteiger partial charge in [0.1, 0.15) is 0 Å². The molecule has 3 nitrogen and oxygen atoms in total. The Morgan fingerprint density at radius 1 is 1.18 bits per heavy atom. The highest BCUT2D eigenvalue weighted by Gasteiger charge is 2.07. The molecular formula is C18H18ClNO2. The third kappa shape index (κ3) is 5.35. The predicted molar refractivity (Wildman–Crippen MR) is 89.5 cm³/mol. The maximum Gasteiger partial charge on any atom is 0.244 e. The van der Waals surface area contributed by atoms with Crippen molar-refractivity contribution in [1.82, 2.24) is 5.32 Å². The van der Waals surface area contributed by atoms with Gasteiger partial charge in [0.05, 0.1) is 6.10 Å². The van der Waals surface area contributed by atoms with E-state index in [2.05, 4.69) is 5.32 Å². The van der Waals surface area contributed by atoms with Gasteiger partial charge in [-0.25, -0.2) is 0 Å². The molecule has 0 aliphatic heterocycles. The molecule has 0 aliphatic carbocycles. The van der Waals surface area contributed by atoms with E-state index in [0.29, 0.717) is 18.0 Å². The zero-order valence-electron chi connectivity index (χ0n) is 12.1. The minimum absolute atomic E-state index is 0.179. The molecule has 1 unspecified atom stereocenters. The lowest BCUT2D eigenvalue weighted by Crippen LogP contribution is -2.23. The molecule has 1 atom stereocenters. The number of carbonyl (C=O) groups is 1. The van der Waals surface area contributed by atoms with Crippen LogP contribution in [0.3, 0.4) is 0 Å². The molecule has 0 bridgehead atoms. The third-order valence-electron chi connectivity index (χ3n) is 3.18. The summed E-state index contributed by atoms with van der Waals surface area (Å²) in [6, 6.07) is 16.7. The van der Waals surface area contributed by atoms with Crippen molar-refractivity contribution >= 4 is 23.6 Å². The number of hydrogen-bond donors (Lipinski definition) is 2. The second kappa shape index (κ2) is 8.37. The average molecular weight is 316 g/mol. The Bertz CT molecular complexity index is 641. The maximum absolute atomic E-state index is 11.7. The predicted octanol–water partition coefficient (Wildman–Crippen LogP) is 3.59. The van der Waals surface area contributed by atoms with Crippen LogP contribution in [0.4, 0.5) is 0 Å². The molecule has 0 saturated carbocycles. The second-order valence-corrected chi connectivity index (χ2v) is 5.33. The van der Waals surface area contributed by atoms with E-state index in [1.54, 1.807) is 24.3 Å². The summed E-state index contributed by atoms with van der Waals surface area (Å²) in [4.78, 5) is 11.7. The molecule has 114 valence electrons. The average Bonchev–Trinajstić information content (AvgIpc) is 2.54. The Hall–Kier alpha value is -2.10. The van der Waals surface area contributed by atoms with Crippen LogP contribution in [0.25, 0.3) is 6.08 Å². The van der Waals surface area contributed by atoms with Crippen LogP contribution in [0.1, 0.15) is 23.7 Å². The summed E-state index contributed by atoms with van der Waals surface area (Å²) >= 11 is 5.88. The normalized spacial score (nSPS) is 12.3. The highest BCUT2D eigenvalue weighted by Crippen LogP contribution is 2.19. The van der Waals surface area contributed by atoms with Crippen molar-refractivity contribution in [2.24, 2.45) is 0 Å². The largest absolute Gasteiger partial charge is 0.388 e. The van der Waals surface area contributed by atoms with Gasteiger partial charge in [-0.05, 0) is 35.8 Å². The highest BCUT2D eigenvalue weighted by atomic mass is 35.5. The minimum Gasteiger partial charge on any atom is -0.388 e. The molecule has 0 aliphatic rings. The lowest BCUT2D eigenvalue weighted by Gasteiger charge is -2.11. The lowest BCUT2D eigenvalue weighted by molar-refractivity contribution is -0.116. The molecule has 22 heavy (non-hydrogen) atoms. The van der Waals surface area contributed by atoms with E-state index >= 15 is 0 Å². The van der Waals surface area contributed by atoms with E-state index < -0.39 is 6.10 Å². The Kier molecular flexibility index (Phi) is 6.19. The zero-order valence-corrected chi connectivity index (χ0v) is 12.8. The molecule has 1 amide bonds. The van der Waals surface area contributed by atoms with Gasteiger partial charge in [-0.2, -0.15) is 0 Å². The van der Waals surface area contributed by atoms with Crippen LogP contribution in [0.5, 0.6) is 0 Å². The van der Waals surface area contributed by atoms with E-state index in [-0.39, 0.29) is 5.91 Å². The van der Waals surface area contributed by atoms with Gasteiger partial charge in [-0.15, -0.1) is 0 Å². The molecule has 0 saturated heterocycles. The number of amides is 1. The monoisotopic (exact) mass is 315 g/mol. The highest BCUT2D eigenvalue weighted by molar-refractivity contribution is 6.30. The number of halogens is 1. The second-order valence-electron chi connectivity index (χ2n) is 4.89. The summed E-state index contributed by atoms with van der Waals surface area (Å²) < 4.78 is 0. The first-order chi connectivity index (χ1) is 10.6. The molecule has 2 aromatic carbocycles. The number of aliphatic hydroxyl groups is 1. The van der Waals surface area contributed by atoms with Crippen molar-refractivity contribution < 1.29 is 9.90 Å². The lowest BCUT2D eigenvalue weighted by atomic mass is 10.1. The number of hydrogen-bond acceptors (Lipinski definition) is 2. The van der Waals surface area contributed by atoms with Gasteiger partial charge in [-0.1, -0.05) is 54.1 Å². The number of aliphatic hydroxyl groups excluding tert-OH is 1. The number of rotatable bonds is 6. The fourth-order valence-corrected chi connectivity index (χ4v) is 2.21. The molecule has 2 N–H and O–H groups in total. The third-order valence-corrected chi connectivity index (χ3v) is 3.41. The van der Waals surface area contributed by atoms with Crippen molar-refractivity contribution in [2.45, 2.75) is 12.5 Å². The Labute approximate surface area is 135 Å². The SMILES string of the molecule is O=C(C=Cc1ccccc1)NCCC(O)c1cccc(Cl)c1. The summed E-state index contributed by atoms with van der Waals surface area (Å²) in [7, 11) is 0. The van der Waals surface area contributed by atoms with Gasteiger partial charge in [0.25, 0.3) is 0 Å². The molecule has 0 aromatic heterocycles. The van der Waals surface area contributed by atoms with Gasteiger partial charge < -0.3 is 10.4 Å². The van der Waals surface area contributed by atoms with Crippen molar-refractivity contribution in [3.63, 3.8) is 0 Å². The van der Waals surface area contributed by atoms with Crippen LogP contribution in [-0.2, 0) is 4.79 Å². The van der Waals surface area contributed by atoms with Crippen LogP contribution < -0.4 is 5.32 Å². The number of nitrogens with one attached hydrogen (secondary N) is 1. The van der Waals surface area contributed by atoms with Gasteiger partial charge in [0, 0.05) is 17.6 Å². The van der Waals surface area contributed by atoms with E-state index in [9.17, 15) is 9.90 Å². The van der Waals surface area contributed by atoms with Gasteiger partial charge in [0.2, 0.25) is 5.91 Å². The Morgan fingerprint density at radius 3 is 2.68 bits per heavy atom. The van der Waals surface area contributed by atoms with Crippen molar-refractivity contribution in [2.75, 3.05) is 6.54 Å². The molecular weight excluding hydrogens is 298 g/mol. The molecule has 2 rings (SSSR count). The first kappa shape index (κ1) is 16.3. The maximum atomic E-state index is 11.7. The topological polar surface area (TPSA) is 49.3 Å². The standard InChI is InChI=1S/C18H18ClNO2/c19-16-8-4-7-15(13-16)17(21)11-12-20-18(22)10-9-14-5-2-1-3-6-14/h1-10,13,17,21H,11-12H2,(H,20,22). The summed E-state index contributed by atoms with van der Waals surface area (Å²) in [5.74, 6) is -0.179. The van der Waals surface area contributed by atoms with Crippen LogP contribution in [0, 0.1) is 0 Å². The molecule has 0 heterocycles. The van der Waals surface area contributed by atoms with E-state index in [4.69, 9.17) is 11.6 Å². The molecule has 4 heteroatoms. The van der Waals surface area contributed by atoms with Crippen LogP contribution in [0.15, 0.2) is 60.7 Å². The van der Waals surface area contributed by atoms with Gasteiger partial charge in [0.15, 0.2) is 0 Å². The van der Waals surface area contributed by atoms with Crippen LogP contribution >= 0.6 is 11.6 Å². The van der Waals surface area contributed by atoms with Crippen molar-refractivity contribution in [3.05, 3.63) is 76.8 Å². The minimum atomic E-state index is -0.642. The Balaban J connectivity index is 1.76. The summed E-state index contributed by atoms with van der Waals surface area (Å²) in [6.45, 7) is 0.394. The summed E-state index contributed by atoms with van der Waals surface area (Å²) in [6.07, 6.45) is 3.03. The molecule has 0 radical (unpaired) electrons. The van der Waals surface area contributed by atoms with E-state index in [0.717, 1.165) is 11.1 Å². The van der Waals surface area contributed by atoms with Gasteiger partial charge in [-0.3, -0.25) is 4.79 Å². The smallest absolute Gasteiger partial charge is 0.244 e. The van der Waals surface area contributed by atoms with Crippen LogP contribution in [-0.4, -0.2) is 17.6 Å². The summed E-state index contributed by atoms with van der Waals surface area (Å²) in [5, 5.41) is 13.4. The Morgan fingerprint density at radius 2 is 1.95 bits per heavy atom. The molecule has 2 aromatic rings. The first-order valence-corrected chi connectivity index (χ1v) is 7.47. The van der Waals surface area contributed by atoms with Crippen molar-refractivity contribution in [3.8, 4) is 0 Å². The zero-order chi connectivity index (χ0) is 15.8. The number of benzene rings is 2. The van der Waals surface area contributed by atoms with Crippen LogP contribution in [0.2, 0.25) is 5.02 Å². The van der Waals surface area contributed by atoms with E-state index in [1.165, 1.54) is 6.08 Å². The molecule has 0 fully saturated rings. The fourth-order valence-electron chi connectivity index (χ4n) is 2.01. The van der Waals surface area contributed by atoms with E-state index in [1.807, 2.05) is 36.4 Å². The first-order valence-electron chi connectivity index (χ1n) is 7.09. The van der Waals surface area contributed by atoms with Crippen molar-refractivity contribution in [1.29, 1.82) is 0 Å².